The van der Waals surface area contributed by atoms with Crippen molar-refractivity contribution in [2.24, 2.45) is 0 Å². The lowest BCUT2D eigenvalue weighted by atomic mass is 10.3. The molecule has 2 aromatic heterocycles. The van der Waals surface area contributed by atoms with E-state index >= 15 is 0 Å². The first kappa shape index (κ1) is 12.0. The molecule has 2 heterocycles. The maximum absolute atomic E-state index is 4.55. The van der Waals surface area contributed by atoms with Gasteiger partial charge < -0.3 is 5.32 Å². The van der Waals surface area contributed by atoms with Gasteiger partial charge in [0.2, 0.25) is 0 Å². The monoisotopic (exact) mass is 245 g/mol. The molecule has 0 saturated heterocycles. The van der Waals surface area contributed by atoms with Crippen LogP contribution >= 0.6 is 11.3 Å². The van der Waals surface area contributed by atoms with Crippen molar-refractivity contribution in [2.75, 3.05) is 0 Å². The van der Waals surface area contributed by atoms with E-state index in [1.54, 1.807) is 17.5 Å². The van der Waals surface area contributed by atoms with E-state index in [2.05, 4.69) is 34.2 Å². The summed E-state index contributed by atoms with van der Waals surface area (Å²) in [5.41, 5.74) is 1.98. The van der Waals surface area contributed by atoms with E-state index in [1.807, 2.05) is 24.3 Å². The molecule has 2 aromatic rings. The summed E-state index contributed by atoms with van der Waals surface area (Å²) in [6.45, 7) is 6.56. The molecule has 0 aliphatic rings. The van der Waals surface area contributed by atoms with Crippen LogP contribution in [-0.2, 0) is 6.54 Å². The van der Waals surface area contributed by atoms with Crippen LogP contribution in [0, 0.1) is 0 Å². The number of thiazole rings is 1. The average Bonchev–Trinajstić information content (AvgIpc) is 2.86. The molecule has 0 saturated carbocycles. The fourth-order valence-electron chi connectivity index (χ4n) is 1.34. The number of pyridine rings is 1. The highest BCUT2D eigenvalue weighted by molar-refractivity contribution is 7.13. The summed E-state index contributed by atoms with van der Waals surface area (Å²) in [6.07, 6.45) is 3.67. The molecule has 2 rings (SSSR count). The van der Waals surface area contributed by atoms with Crippen LogP contribution in [0.3, 0.4) is 0 Å². The van der Waals surface area contributed by atoms with Gasteiger partial charge >= 0.3 is 0 Å². The smallest absolute Gasteiger partial charge is 0.142 e. The zero-order valence-corrected chi connectivity index (χ0v) is 10.6. The Morgan fingerprint density at radius 3 is 3.12 bits per heavy atom. The molecule has 0 bridgehead atoms. The topological polar surface area (TPSA) is 37.8 Å². The number of hydrogen-bond donors (Lipinski definition) is 1. The molecule has 4 heteroatoms. The van der Waals surface area contributed by atoms with Gasteiger partial charge in [0.1, 0.15) is 5.01 Å². The third-order valence-electron chi connectivity index (χ3n) is 2.39. The van der Waals surface area contributed by atoms with Gasteiger partial charge in [0.25, 0.3) is 0 Å². The third kappa shape index (κ3) is 3.22. The Morgan fingerprint density at radius 2 is 2.41 bits per heavy atom. The van der Waals surface area contributed by atoms with Crippen molar-refractivity contribution in [3.8, 4) is 10.7 Å². The van der Waals surface area contributed by atoms with Crippen LogP contribution in [0.15, 0.2) is 42.4 Å². The second-order valence-electron chi connectivity index (χ2n) is 3.76. The molecule has 0 fully saturated rings. The molecule has 17 heavy (non-hydrogen) atoms. The minimum Gasteiger partial charge on any atom is -0.305 e. The first-order chi connectivity index (χ1) is 8.29. The molecule has 0 aliphatic heterocycles. The van der Waals surface area contributed by atoms with Gasteiger partial charge in [0.05, 0.1) is 11.4 Å². The van der Waals surface area contributed by atoms with Crippen LogP contribution in [0.2, 0.25) is 0 Å². The van der Waals surface area contributed by atoms with Crippen LogP contribution in [-0.4, -0.2) is 16.0 Å². The number of aromatic nitrogens is 2. The number of nitrogens with zero attached hydrogens (tertiary/aromatic N) is 2. The van der Waals surface area contributed by atoms with Crippen molar-refractivity contribution < 1.29 is 0 Å². The van der Waals surface area contributed by atoms with Crippen molar-refractivity contribution in [1.82, 2.24) is 15.3 Å². The Hall–Kier alpha value is -1.52. The van der Waals surface area contributed by atoms with Gasteiger partial charge in [-0.15, -0.1) is 17.9 Å². The number of rotatable bonds is 5. The fourth-order valence-corrected chi connectivity index (χ4v) is 2.14. The maximum Gasteiger partial charge on any atom is 0.142 e. The SMILES string of the molecule is C=CC(C)NCc1csc(-c2ccccn2)n1. The fraction of sp³-hybridized carbons (Fsp3) is 0.231. The number of hydrogen-bond acceptors (Lipinski definition) is 4. The lowest BCUT2D eigenvalue weighted by molar-refractivity contribution is 0.627. The van der Waals surface area contributed by atoms with Crippen molar-refractivity contribution >= 4 is 11.3 Å². The summed E-state index contributed by atoms with van der Waals surface area (Å²) < 4.78 is 0. The minimum atomic E-state index is 0.301. The summed E-state index contributed by atoms with van der Waals surface area (Å²) in [7, 11) is 0. The summed E-state index contributed by atoms with van der Waals surface area (Å²) in [6, 6.07) is 6.16. The molecule has 0 aromatic carbocycles. The van der Waals surface area contributed by atoms with Crippen molar-refractivity contribution in [3.63, 3.8) is 0 Å². The van der Waals surface area contributed by atoms with E-state index in [0.717, 1.165) is 22.9 Å². The van der Waals surface area contributed by atoms with Gasteiger partial charge in [0, 0.05) is 24.2 Å². The van der Waals surface area contributed by atoms with E-state index < -0.39 is 0 Å². The zero-order valence-electron chi connectivity index (χ0n) is 9.76. The van der Waals surface area contributed by atoms with Crippen molar-refractivity contribution in [3.05, 3.63) is 48.1 Å². The molecular formula is C13H15N3S. The normalized spacial score (nSPS) is 12.3. The van der Waals surface area contributed by atoms with E-state index in [1.165, 1.54) is 0 Å². The summed E-state index contributed by atoms with van der Waals surface area (Å²) in [5.74, 6) is 0. The molecule has 88 valence electrons. The molecule has 0 aliphatic carbocycles. The Kier molecular flexibility index (Phi) is 4.01. The van der Waals surface area contributed by atoms with Gasteiger partial charge in [-0.2, -0.15) is 0 Å². The van der Waals surface area contributed by atoms with E-state index in [4.69, 9.17) is 0 Å². The molecule has 1 atom stereocenters. The molecule has 1 unspecified atom stereocenters. The van der Waals surface area contributed by atoms with Crippen LogP contribution in [0.4, 0.5) is 0 Å². The highest BCUT2D eigenvalue weighted by Gasteiger charge is 2.05. The number of nitrogens with one attached hydrogen (secondary N) is 1. The molecular weight excluding hydrogens is 230 g/mol. The highest BCUT2D eigenvalue weighted by Crippen LogP contribution is 2.21. The maximum atomic E-state index is 4.55. The van der Waals surface area contributed by atoms with Gasteiger partial charge in [-0.05, 0) is 19.1 Å². The lowest BCUT2D eigenvalue weighted by Crippen LogP contribution is -2.22. The standard InChI is InChI=1S/C13H15N3S/c1-3-10(2)15-8-11-9-17-13(16-11)12-6-4-5-7-14-12/h3-7,9-10,15H,1,8H2,2H3. The van der Waals surface area contributed by atoms with Gasteiger partial charge in [0.15, 0.2) is 0 Å². The predicted molar refractivity (Wildman–Crippen MR) is 71.8 cm³/mol. The van der Waals surface area contributed by atoms with Crippen LogP contribution in [0.1, 0.15) is 12.6 Å². The van der Waals surface area contributed by atoms with Crippen LogP contribution < -0.4 is 5.32 Å². The third-order valence-corrected chi connectivity index (χ3v) is 3.31. The average molecular weight is 245 g/mol. The minimum absolute atomic E-state index is 0.301. The molecule has 0 amide bonds. The second-order valence-corrected chi connectivity index (χ2v) is 4.62. The van der Waals surface area contributed by atoms with E-state index in [-0.39, 0.29) is 0 Å². The van der Waals surface area contributed by atoms with Gasteiger partial charge in [-0.3, -0.25) is 4.98 Å². The van der Waals surface area contributed by atoms with Crippen molar-refractivity contribution in [2.45, 2.75) is 19.5 Å². The quantitative estimate of drug-likeness (QED) is 0.823. The Bertz CT molecular complexity index is 478. The Balaban J connectivity index is 2.04. The van der Waals surface area contributed by atoms with Crippen LogP contribution in [0.5, 0.6) is 0 Å². The molecule has 1 N–H and O–H groups in total. The van der Waals surface area contributed by atoms with E-state index in [0.29, 0.717) is 6.04 Å². The largest absolute Gasteiger partial charge is 0.305 e. The first-order valence-electron chi connectivity index (χ1n) is 5.51. The zero-order chi connectivity index (χ0) is 12.1. The first-order valence-corrected chi connectivity index (χ1v) is 6.39. The molecule has 0 radical (unpaired) electrons. The van der Waals surface area contributed by atoms with Gasteiger partial charge in [-0.1, -0.05) is 12.1 Å². The summed E-state index contributed by atoms with van der Waals surface area (Å²) in [4.78, 5) is 8.83. The Morgan fingerprint density at radius 1 is 1.53 bits per heavy atom. The Labute approximate surface area is 105 Å². The molecule has 3 nitrogen and oxygen atoms in total. The molecule has 0 spiro atoms. The lowest BCUT2D eigenvalue weighted by Gasteiger charge is -2.06. The van der Waals surface area contributed by atoms with Gasteiger partial charge in [-0.25, -0.2) is 4.98 Å². The summed E-state index contributed by atoms with van der Waals surface area (Å²) in [5, 5.41) is 6.35. The highest BCUT2D eigenvalue weighted by atomic mass is 32.1. The van der Waals surface area contributed by atoms with Crippen molar-refractivity contribution in [1.29, 1.82) is 0 Å². The summed E-state index contributed by atoms with van der Waals surface area (Å²) >= 11 is 1.62. The predicted octanol–water partition coefficient (Wildman–Crippen LogP) is 2.87. The van der Waals surface area contributed by atoms with E-state index in [9.17, 15) is 0 Å². The van der Waals surface area contributed by atoms with Crippen LogP contribution in [0.25, 0.3) is 10.7 Å². The second kappa shape index (κ2) is 5.70.